The van der Waals surface area contributed by atoms with E-state index in [0.717, 1.165) is 0 Å². The van der Waals surface area contributed by atoms with Crippen LogP contribution in [-0.4, -0.2) is 27.5 Å². The lowest BCUT2D eigenvalue weighted by Gasteiger charge is -2.09. The van der Waals surface area contributed by atoms with Gasteiger partial charge in [-0.1, -0.05) is 34.8 Å². The molecule has 0 spiro atoms. The molecule has 2 aromatic heterocycles. The minimum absolute atomic E-state index is 0.192. The van der Waals surface area contributed by atoms with Crippen molar-refractivity contribution in [3.05, 3.63) is 52.0 Å². The van der Waals surface area contributed by atoms with Crippen LogP contribution in [0.2, 0.25) is 15.2 Å². The van der Waals surface area contributed by atoms with Crippen LogP contribution in [0.3, 0.4) is 0 Å². The maximum absolute atomic E-state index is 12.0. The van der Waals surface area contributed by atoms with E-state index in [9.17, 15) is 4.79 Å². The number of hydrogen-bond acceptors (Lipinski definition) is 5. The Labute approximate surface area is 151 Å². The Balaban J connectivity index is 1.76. The third kappa shape index (κ3) is 3.67. The lowest BCUT2D eigenvalue weighted by Crippen LogP contribution is -2.21. The fraction of sp³-hybridized carbons (Fsp3) is 0.0667. The van der Waals surface area contributed by atoms with Crippen LogP contribution in [0.4, 0.5) is 5.69 Å². The maximum atomic E-state index is 12.0. The summed E-state index contributed by atoms with van der Waals surface area (Å²) in [6, 6.07) is 6.48. The monoisotopic (exact) mass is 382 g/mol. The third-order valence-electron chi connectivity index (χ3n) is 2.99. The summed E-state index contributed by atoms with van der Waals surface area (Å²) >= 11 is 18.0. The lowest BCUT2D eigenvalue weighted by atomic mass is 10.2. The van der Waals surface area contributed by atoms with E-state index in [4.69, 9.17) is 39.5 Å². The van der Waals surface area contributed by atoms with Crippen molar-refractivity contribution in [1.82, 2.24) is 15.0 Å². The van der Waals surface area contributed by atoms with Gasteiger partial charge in [-0.25, -0.2) is 15.0 Å². The molecule has 0 aliphatic carbocycles. The maximum Gasteiger partial charge on any atom is 0.262 e. The van der Waals surface area contributed by atoms with Crippen LogP contribution in [0.1, 0.15) is 0 Å². The quantitative estimate of drug-likeness (QED) is 0.689. The molecule has 122 valence electrons. The standard InChI is InChI=1S/C15H9Cl3N4O2/c16-8-4-9-13(10(17)5-8)20-7-21-15(9)24-6-12(23)22-11-2-1-3-19-14(11)18/h1-5,7H,6H2,(H,22,23). The summed E-state index contributed by atoms with van der Waals surface area (Å²) in [6.45, 7) is -0.276. The van der Waals surface area contributed by atoms with Gasteiger partial charge in [-0.15, -0.1) is 0 Å². The van der Waals surface area contributed by atoms with Gasteiger partial charge in [-0.05, 0) is 24.3 Å². The molecule has 1 N–H and O–H groups in total. The summed E-state index contributed by atoms with van der Waals surface area (Å²) in [7, 11) is 0. The van der Waals surface area contributed by atoms with E-state index >= 15 is 0 Å². The number of aromatic nitrogens is 3. The minimum Gasteiger partial charge on any atom is -0.467 e. The number of benzene rings is 1. The largest absolute Gasteiger partial charge is 0.467 e. The van der Waals surface area contributed by atoms with Gasteiger partial charge in [0.25, 0.3) is 5.91 Å². The van der Waals surface area contributed by atoms with Crippen LogP contribution in [-0.2, 0) is 4.79 Å². The topological polar surface area (TPSA) is 77.0 Å². The molecule has 3 rings (SSSR count). The summed E-state index contributed by atoms with van der Waals surface area (Å²) in [6.07, 6.45) is 2.82. The molecular formula is C15H9Cl3N4O2. The van der Waals surface area contributed by atoms with Crippen molar-refractivity contribution in [3.63, 3.8) is 0 Å². The normalized spacial score (nSPS) is 10.6. The smallest absolute Gasteiger partial charge is 0.262 e. The van der Waals surface area contributed by atoms with Crippen molar-refractivity contribution < 1.29 is 9.53 Å². The number of nitrogens with one attached hydrogen (secondary N) is 1. The highest BCUT2D eigenvalue weighted by molar-refractivity contribution is 6.38. The molecule has 0 aliphatic heterocycles. The molecule has 1 amide bonds. The number of anilines is 1. The van der Waals surface area contributed by atoms with Crippen LogP contribution < -0.4 is 10.1 Å². The molecule has 9 heteroatoms. The molecule has 1 aromatic carbocycles. The van der Waals surface area contributed by atoms with Gasteiger partial charge < -0.3 is 10.1 Å². The van der Waals surface area contributed by atoms with Gasteiger partial charge in [0, 0.05) is 11.2 Å². The Hall–Kier alpha value is -2.15. The average Bonchev–Trinajstić information content (AvgIpc) is 2.55. The Morgan fingerprint density at radius 2 is 2.00 bits per heavy atom. The molecular weight excluding hydrogens is 375 g/mol. The Morgan fingerprint density at radius 3 is 2.79 bits per heavy atom. The number of fused-ring (bicyclic) bond motifs is 1. The second-order valence-electron chi connectivity index (χ2n) is 4.64. The molecule has 0 bridgehead atoms. The first-order valence-electron chi connectivity index (χ1n) is 6.67. The first kappa shape index (κ1) is 16.7. The van der Waals surface area contributed by atoms with Gasteiger partial charge in [-0.3, -0.25) is 4.79 Å². The van der Waals surface area contributed by atoms with Gasteiger partial charge >= 0.3 is 0 Å². The number of hydrogen-bond donors (Lipinski definition) is 1. The second kappa shape index (κ2) is 7.17. The summed E-state index contributed by atoms with van der Waals surface area (Å²) in [4.78, 5) is 24.0. The Bertz CT molecular complexity index is 920. The van der Waals surface area contributed by atoms with Crippen molar-refractivity contribution in [2.24, 2.45) is 0 Å². The van der Waals surface area contributed by atoms with Crippen LogP contribution in [0.5, 0.6) is 5.88 Å². The van der Waals surface area contributed by atoms with Crippen molar-refractivity contribution in [1.29, 1.82) is 0 Å². The SMILES string of the molecule is O=C(COc1ncnc2c(Cl)cc(Cl)cc12)Nc1cccnc1Cl. The number of pyridine rings is 1. The first-order valence-corrected chi connectivity index (χ1v) is 7.81. The molecule has 6 nitrogen and oxygen atoms in total. The Morgan fingerprint density at radius 1 is 1.17 bits per heavy atom. The molecule has 0 aliphatic rings. The van der Waals surface area contributed by atoms with E-state index in [1.54, 1.807) is 24.3 Å². The highest BCUT2D eigenvalue weighted by atomic mass is 35.5. The number of halogens is 3. The molecule has 24 heavy (non-hydrogen) atoms. The van der Waals surface area contributed by atoms with E-state index in [2.05, 4.69) is 20.3 Å². The fourth-order valence-corrected chi connectivity index (χ4v) is 2.69. The number of ether oxygens (including phenoxy) is 1. The van der Waals surface area contributed by atoms with Gasteiger partial charge in [0.2, 0.25) is 5.88 Å². The fourth-order valence-electron chi connectivity index (χ4n) is 1.98. The van der Waals surface area contributed by atoms with Crippen molar-refractivity contribution in [2.75, 3.05) is 11.9 Å². The van der Waals surface area contributed by atoms with Crippen molar-refractivity contribution in [3.8, 4) is 5.88 Å². The Kier molecular flexibility index (Phi) is 4.99. The average molecular weight is 384 g/mol. The zero-order valence-electron chi connectivity index (χ0n) is 12.0. The van der Waals surface area contributed by atoms with Crippen molar-refractivity contribution >= 4 is 57.3 Å². The highest BCUT2D eigenvalue weighted by Crippen LogP contribution is 2.30. The molecule has 2 heterocycles. The second-order valence-corrected chi connectivity index (χ2v) is 5.84. The van der Waals surface area contributed by atoms with Crippen LogP contribution in [0.25, 0.3) is 10.9 Å². The molecule has 0 fully saturated rings. The summed E-state index contributed by atoms with van der Waals surface area (Å²) in [5.41, 5.74) is 0.883. The van der Waals surface area contributed by atoms with Crippen LogP contribution >= 0.6 is 34.8 Å². The van der Waals surface area contributed by atoms with E-state index in [0.29, 0.717) is 26.6 Å². The van der Waals surface area contributed by atoms with E-state index in [1.165, 1.54) is 12.5 Å². The van der Waals surface area contributed by atoms with Crippen molar-refractivity contribution in [2.45, 2.75) is 0 Å². The summed E-state index contributed by atoms with van der Waals surface area (Å²) < 4.78 is 5.46. The predicted octanol–water partition coefficient (Wildman–Crippen LogP) is 4.00. The first-order chi connectivity index (χ1) is 11.5. The molecule has 0 radical (unpaired) electrons. The molecule has 0 unspecified atom stereocenters. The van der Waals surface area contributed by atoms with Gasteiger partial charge in [0.1, 0.15) is 6.33 Å². The number of carbonyl (C=O) groups excluding carboxylic acids is 1. The molecule has 0 atom stereocenters. The number of rotatable bonds is 4. The number of carbonyl (C=O) groups is 1. The van der Waals surface area contributed by atoms with Gasteiger partial charge in [0.05, 0.1) is 21.6 Å². The van der Waals surface area contributed by atoms with Crippen LogP contribution in [0.15, 0.2) is 36.8 Å². The zero-order chi connectivity index (χ0) is 17.1. The zero-order valence-corrected chi connectivity index (χ0v) is 14.2. The summed E-state index contributed by atoms with van der Waals surface area (Å²) in [5.74, 6) is -0.207. The molecule has 0 saturated carbocycles. The van der Waals surface area contributed by atoms with E-state index in [1.807, 2.05) is 0 Å². The number of nitrogens with zero attached hydrogens (tertiary/aromatic N) is 3. The highest BCUT2D eigenvalue weighted by Gasteiger charge is 2.12. The lowest BCUT2D eigenvalue weighted by molar-refractivity contribution is -0.118. The van der Waals surface area contributed by atoms with E-state index in [-0.39, 0.29) is 17.6 Å². The predicted molar refractivity (Wildman–Crippen MR) is 92.9 cm³/mol. The molecule has 0 saturated heterocycles. The minimum atomic E-state index is -0.412. The summed E-state index contributed by atoms with van der Waals surface area (Å²) in [5, 5.41) is 4.09. The van der Waals surface area contributed by atoms with Gasteiger partial charge in [0.15, 0.2) is 11.8 Å². The third-order valence-corrected chi connectivity index (χ3v) is 3.80. The molecule has 3 aromatic rings. The number of amides is 1. The van der Waals surface area contributed by atoms with Gasteiger partial charge in [-0.2, -0.15) is 0 Å². The van der Waals surface area contributed by atoms with Crippen LogP contribution in [0, 0.1) is 0 Å². The van der Waals surface area contributed by atoms with E-state index < -0.39 is 5.91 Å².